The first-order chi connectivity index (χ1) is 40.0. The van der Waals surface area contributed by atoms with Crippen molar-refractivity contribution in [2.45, 2.75) is 107 Å². The molecule has 1 radical (unpaired) electrons. The maximum Gasteiger partial charge on any atom is 2.00 e. The number of nitrogens with one attached hydrogen (secondary N) is 2. The first-order valence-electron chi connectivity index (χ1n) is 27.6. The molecule has 0 atom stereocenters. The summed E-state index contributed by atoms with van der Waals surface area (Å²) in [6, 6.07) is 15.5. The number of nitrogens with zero attached hydrogens (tertiary/aromatic N) is 6. The summed E-state index contributed by atoms with van der Waals surface area (Å²) in [7, 11) is 0. The first kappa shape index (κ1) is 68.3. The van der Waals surface area contributed by atoms with Crippen molar-refractivity contribution in [3.63, 3.8) is 0 Å². The molecule has 19 heteroatoms. The number of aryl methyl sites for hydroxylation is 6. The molecule has 0 amide bonds. The van der Waals surface area contributed by atoms with E-state index in [1.165, 1.54) is 0 Å². The van der Waals surface area contributed by atoms with Gasteiger partial charge in [0, 0.05) is 114 Å². The number of carboxylic acids is 4. The Bertz CT molecular complexity index is 4410. The van der Waals surface area contributed by atoms with E-state index in [4.69, 9.17) is 29.9 Å². The average molecular weight is 1320 g/mol. The maximum atomic E-state index is 11.5. The van der Waals surface area contributed by atoms with Gasteiger partial charge >= 0.3 is 40.9 Å². The fourth-order valence-electron chi connectivity index (χ4n) is 11.4. The minimum absolute atomic E-state index is 0. The summed E-state index contributed by atoms with van der Waals surface area (Å²) in [4.78, 5) is 82.7. The predicted molar refractivity (Wildman–Crippen MR) is 335 cm³/mol. The van der Waals surface area contributed by atoms with Gasteiger partial charge in [-0.2, -0.15) is 0 Å². The van der Waals surface area contributed by atoms with Gasteiger partial charge in [0.2, 0.25) is 0 Å². The average Bonchev–Trinajstić information content (AvgIpc) is 2.01. The second-order valence-electron chi connectivity index (χ2n) is 21.3. The Morgan fingerprint density at radius 2 is 0.805 bits per heavy atom. The molecule has 4 aliphatic heterocycles. The van der Waals surface area contributed by atoms with Crippen LogP contribution in [-0.4, -0.2) is 74.2 Å². The normalized spacial score (nSPS) is 12.6. The molecule has 87 heavy (non-hydrogen) atoms. The van der Waals surface area contributed by atoms with Crippen LogP contribution in [0.4, 0.5) is 0 Å². The minimum Gasteiger partial charge on any atom is -0.657 e. The van der Waals surface area contributed by atoms with Crippen LogP contribution in [0, 0.1) is 27.7 Å². The number of aromatic amines is 2. The SMILES string of the molecule is C=CC1=C(C)c2cc3[n-]c(cc4nc(cc5[n-]c(cc1n2)c(C)c5C=C)C(C)=C4CCC(=O)O)c(CCC(=O)O)c3C.C=CC1=C(C)c2cc3nc(cc4[nH]c(cc5[nH]c(cc1n2)c(C)c5C=C)c(C)c4CCC(=O)O)C(CCC(=O)O)=C3C.[Fe+2].[Fe].[Y]. The van der Waals surface area contributed by atoms with Crippen LogP contribution in [0.5, 0.6) is 0 Å². The number of carboxylic acid groups (broad SMARTS) is 4. The van der Waals surface area contributed by atoms with Crippen molar-refractivity contribution in [3.05, 3.63) is 177 Å². The number of aliphatic carboxylic acids is 4. The molecule has 0 aromatic carbocycles. The van der Waals surface area contributed by atoms with Crippen LogP contribution in [0.15, 0.2) is 87.0 Å². The Hall–Kier alpha value is -7.82. The van der Waals surface area contributed by atoms with Crippen molar-refractivity contribution < 1.29 is 106 Å². The first-order valence-corrected chi connectivity index (χ1v) is 27.6. The molecule has 0 aliphatic carbocycles. The Labute approximate surface area is 550 Å². The Kier molecular flexibility index (Phi) is 22.3. The summed E-state index contributed by atoms with van der Waals surface area (Å²) >= 11 is 0. The van der Waals surface area contributed by atoms with Gasteiger partial charge in [0.25, 0.3) is 0 Å². The molecule has 0 fully saturated rings. The summed E-state index contributed by atoms with van der Waals surface area (Å²) in [5.74, 6) is -3.56. The number of hydrogen-bond acceptors (Lipinski definition) is 8. The van der Waals surface area contributed by atoms with Gasteiger partial charge < -0.3 is 40.4 Å². The van der Waals surface area contributed by atoms with Crippen LogP contribution in [0.2, 0.25) is 0 Å². The smallest absolute Gasteiger partial charge is 0.657 e. The van der Waals surface area contributed by atoms with Gasteiger partial charge in [-0.1, -0.05) is 91.6 Å². The van der Waals surface area contributed by atoms with E-state index < -0.39 is 23.9 Å². The monoisotopic (exact) mass is 1320 g/mol. The number of aromatic nitrogens is 8. The van der Waals surface area contributed by atoms with Gasteiger partial charge in [-0.3, -0.25) is 19.2 Å². The van der Waals surface area contributed by atoms with Crippen molar-refractivity contribution in [3.8, 4) is 0 Å². The van der Waals surface area contributed by atoms with E-state index in [0.29, 0.717) is 65.0 Å². The largest absolute Gasteiger partial charge is 2.00 e. The molecule has 6 N–H and O–H groups in total. The van der Waals surface area contributed by atoms with Crippen molar-refractivity contribution >= 4 is 125 Å². The third-order valence-corrected chi connectivity index (χ3v) is 16.3. The summed E-state index contributed by atoms with van der Waals surface area (Å²) < 4.78 is 0. The van der Waals surface area contributed by atoms with Crippen LogP contribution in [-0.2, 0) is 98.9 Å². The summed E-state index contributed by atoms with van der Waals surface area (Å²) in [6.45, 7) is 31.9. The van der Waals surface area contributed by atoms with Gasteiger partial charge in [0.1, 0.15) is 0 Å². The molecule has 16 bridgehead atoms. The fourth-order valence-corrected chi connectivity index (χ4v) is 11.4. The summed E-state index contributed by atoms with van der Waals surface area (Å²) in [5, 5.41) is 37.8. The molecule has 4 aliphatic rings. The van der Waals surface area contributed by atoms with Crippen molar-refractivity contribution in [2.75, 3.05) is 0 Å². The molecule has 10 rings (SSSR count). The zero-order valence-corrected chi connectivity index (χ0v) is 54.8. The minimum atomic E-state index is -0.898. The quantitative estimate of drug-likeness (QED) is 0.0493. The number of H-pyrrole nitrogens is 2. The molecule has 0 saturated carbocycles. The Morgan fingerprint density at radius 3 is 1.34 bits per heavy atom. The van der Waals surface area contributed by atoms with E-state index in [1.54, 1.807) is 12.2 Å². The number of fused-ring (bicyclic) bond motifs is 16. The molecular weight excluding hydrogens is 1260 g/mol. The molecule has 0 saturated heterocycles. The third kappa shape index (κ3) is 14.0. The molecule has 0 unspecified atom stereocenters. The molecule has 10 heterocycles. The zero-order chi connectivity index (χ0) is 60.6. The number of carbonyl (C=O) groups is 4. The van der Waals surface area contributed by atoms with Gasteiger partial charge in [0.05, 0.1) is 45.6 Å². The molecule has 6 aromatic heterocycles. The topological polar surface area (TPSA) is 261 Å². The molecule has 16 nitrogen and oxygen atoms in total. The van der Waals surface area contributed by atoms with Crippen molar-refractivity contribution in [1.29, 1.82) is 0 Å². The molecular formula is C68H66Fe2N8O8Y. The van der Waals surface area contributed by atoms with Crippen LogP contribution in [0.25, 0.3) is 101 Å². The van der Waals surface area contributed by atoms with E-state index in [2.05, 4.69) is 36.3 Å². The standard InChI is InChI=1S/2C34H34N4O4.2Fe.Y/c2*1-7-21-17(3)25-13-26-19(5)23(9-11-33(39)40)31(37-26)16-32-24(10-12-34(41)42)20(6)28(38-32)15-30-22(8-2)18(4)27(36-30)14-29(21)35-25;;;/h7-8,13-16H,1-2,9-12H2,3-6H3,(H4,35,36,37,38,39,40,41,42);7-8,13-16,36,38H,1-2,9-12H2,3-6H3,(H,39,40)(H,41,42);;;/q;;;+2;/p-2. The van der Waals surface area contributed by atoms with E-state index >= 15 is 0 Å². The number of hydrogen-bond donors (Lipinski definition) is 6. The Balaban J connectivity index is 0.000000269. The van der Waals surface area contributed by atoms with E-state index in [1.807, 2.05) is 116 Å². The van der Waals surface area contributed by atoms with Crippen molar-refractivity contribution in [2.24, 2.45) is 0 Å². The van der Waals surface area contributed by atoms with Crippen LogP contribution in [0.1, 0.15) is 156 Å². The predicted octanol–water partition coefficient (Wildman–Crippen LogP) is 14.3. The van der Waals surface area contributed by atoms with E-state index in [0.717, 1.165) is 139 Å². The maximum absolute atomic E-state index is 11.5. The fraction of sp³-hybridized carbons (Fsp3) is 0.235. The molecule has 0 spiro atoms. The van der Waals surface area contributed by atoms with Crippen molar-refractivity contribution in [1.82, 2.24) is 39.9 Å². The van der Waals surface area contributed by atoms with Crippen LogP contribution >= 0.6 is 0 Å². The Morgan fingerprint density at radius 1 is 0.414 bits per heavy atom. The second-order valence-corrected chi connectivity index (χ2v) is 21.3. The summed E-state index contributed by atoms with van der Waals surface area (Å²) in [6.07, 6.45) is 8.28. The van der Waals surface area contributed by atoms with E-state index in [-0.39, 0.29) is 92.5 Å². The summed E-state index contributed by atoms with van der Waals surface area (Å²) in [5.41, 5.74) is 26.3. The van der Waals surface area contributed by atoms with E-state index in [9.17, 15) is 39.6 Å². The number of allylic oxidation sites excluding steroid dienone is 10. The van der Waals surface area contributed by atoms with Gasteiger partial charge in [0.15, 0.2) is 0 Å². The molecule has 6 aromatic rings. The van der Waals surface area contributed by atoms with Gasteiger partial charge in [-0.05, 0) is 161 Å². The zero-order valence-electron chi connectivity index (χ0n) is 49.8. The van der Waals surface area contributed by atoms with Gasteiger partial charge in [-0.25, -0.2) is 19.9 Å². The third-order valence-electron chi connectivity index (χ3n) is 16.3. The van der Waals surface area contributed by atoms with Crippen LogP contribution < -0.4 is 9.97 Å². The van der Waals surface area contributed by atoms with Crippen LogP contribution in [0.3, 0.4) is 0 Å². The number of rotatable bonds is 16. The second kappa shape index (κ2) is 28.3. The van der Waals surface area contributed by atoms with Gasteiger partial charge in [-0.15, -0.1) is 22.1 Å². The molecule has 445 valence electrons.